The van der Waals surface area contributed by atoms with Crippen LogP contribution in [0.3, 0.4) is 0 Å². The highest BCUT2D eigenvalue weighted by Crippen LogP contribution is 2.36. The lowest BCUT2D eigenvalue weighted by Gasteiger charge is -2.25. The highest BCUT2D eigenvalue weighted by atomic mass is 16.5. The molecular formula is C30H23N3O4. The van der Waals surface area contributed by atoms with Crippen molar-refractivity contribution in [1.29, 1.82) is 0 Å². The number of ether oxygens (including phenoxy) is 1. The first kappa shape index (κ1) is 22.4. The van der Waals surface area contributed by atoms with Crippen LogP contribution in [0.2, 0.25) is 0 Å². The molecule has 0 radical (unpaired) electrons. The molecule has 6 rings (SSSR count). The first-order chi connectivity index (χ1) is 18.1. The molecule has 2 heterocycles. The number of carbonyl (C=O) groups excluding carboxylic acids is 1. The number of hydrogen-bond donors (Lipinski definition) is 3. The fourth-order valence-electron chi connectivity index (χ4n) is 4.71. The zero-order chi connectivity index (χ0) is 25.4. The predicted molar refractivity (Wildman–Crippen MR) is 143 cm³/mol. The van der Waals surface area contributed by atoms with E-state index >= 15 is 0 Å². The van der Waals surface area contributed by atoms with E-state index in [1.54, 1.807) is 6.07 Å². The molecule has 3 N–H and O–H groups in total. The van der Waals surface area contributed by atoms with E-state index < -0.39 is 23.1 Å². The van der Waals surface area contributed by atoms with Crippen molar-refractivity contribution in [2.24, 2.45) is 0 Å². The molecule has 0 fully saturated rings. The lowest BCUT2D eigenvalue weighted by Crippen LogP contribution is -2.30. The molecule has 1 amide bonds. The van der Waals surface area contributed by atoms with Gasteiger partial charge in [-0.3, -0.25) is 14.3 Å². The van der Waals surface area contributed by atoms with E-state index in [9.17, 15) is 14.7 Å². The van der Waals surface area contributed by atoms with E-state index in [1.807, 2.05) is 84.9 Å². The van der Waals surface area contributed by atoms with Gasteiger partial charge in [-0.05, 0) is 40.1 Å². The zero-order valence-corrected chi connectivity index (χ0v) is 19.7. The topological polar surface area (TPSA) is 92.6 Å². The van der Waals surface area contributed by atoms with Crippen LogP contribution in [0.25, 0.3) is 10.8 Å². The molecule has 7 heteroatoms. The molecule has 4 aromatic carbocycles. The highest BCUT2D eigenvalue weighted by Gasteiger charge is 2.27. The second-order valence-corrected chi connectivity index (χ2v) is 8.85. The van der Waals surface area contributed by atoms with Gasteiger partial charge in [-0.25, -0.2) is 0 Å². The van der Waals surface area contributed by atoms with E-state index in [0.717, 1.165) is 27.5 Å². The molecule has 1 aromatic heterocycles. The fraction of sp³-hybridized carbons (Fsp3) is 0.0667. The van der Waals surface area contributed by atoms with Gasteiger partial charge in [-0.1, -0.05) is 72.8 Å². The Kier molecular flexibility index (Phi) is 5.58. The molecule has 1 aliphatic rings. The Labute approximate surface area is 212 Å². The van der Waals surface area contributed by atoms with Gasteiger partial charge in [0.2, 0.25) is 5.43 Å². The Hall–Kier alpha value is -5.04. The first-order valence-electron chi connectivity index (χ1n) is 11.9. The first-order valence-corrected chi connectivity index (χ1v) is 11.9. The van der Waals surface area contributed by atoms with E-state index in [1.165, 1.54) is 16.9 Å². The van der Waals surface area contributed by atoms with Crippen LogP contribution >= 0.6 is 0 Å². The number of benzene rings is 4. The number of rotatable bonds is 4. The summed E-state index contributed by atoms with van der Waals surface area (Å²) in [7, 11) is 0. The third-order valence-electron chi connectivity index (χ3n) is 6.54. The Bertz CT molecular complexity index is 1660. The Morgan fingerprint density at radius 3 is 2.46 bits per heavy atom. The van der Waals surface area contributed by atoms with Crippen molar-refractivity contribution in [2.75, 3.05) is 10.7 Å². The molecule has 7 nitrogen and oxygen atoms in total. The predicted octanol–water partition coefficient (Wildman–Crippen LogP) is 5.18. The maximum absolute atomic E-state index is 13.4. The van der Waals surface area contributed by atoms with Crippen LogP contribution in [-0.2, 0) is 6.61 Å². The third kappa shape index (κ3) is 4.16. The van der Waals surface area contributed by atoms with Gasteiger partial charge in [0, 0.05) is 23.5 Å². The van der Waals surface area contributed by atoms with E-state index in [0.29, 0.717) is 18.0 Å². The zero-order valence-electron chi connectivity index (χ0n) is 19.7. The fourth-order valence-corrected chi connectivity index (χ4v) is 4.71. The van der Waals surface area contributed by atoms with Gasteiger partial charge in [-0.2, -0.15) is 0 Å². The standard InChI is InChI=1S/C30H23N3O4/c34-25-15-16-33(28(29(25)35)30(36)31-22-14-13-19-7-1-2-8-20(19)17-22)32-27-23-10-4-3-9-21(23)18-37-26-12-6-5-11-24(26)27/h1-17,27,32,35H,18H2,(H,31,36). The van der Waals surface area contributed by atoms with Gasteiger partial charge in [0.25, 0.3) is 5.91 Å². The van der Waals surface area contributed by atoms with Crippen LogP contribution in [0, 0.1) is 0 Å². The molecule has 0 bridgehead atoms. The molecule has 5 aromatic rings. The molecule has 0 spiro atoms. The average Bonchev–Trinajstić information content (AvgIpc) is 3.08. The summed E-state index contributed by atoms with van der Waals surface area (Å²) in [6.45, 7) is 0.399. The Balaban J connectivity index is 1.41. The SMILES string of the molecule is O=C(Nc1ccc2ccccc2c1)c1c(O)c(=O)ccn1NC1c2ccccc2COc2ccccc21. The second kappa shape index (κ2) is 9.20. The average molecular weight is 490 g/mol. The number of aromatic nitrogens is 1. The van der Waals surface area contributed by atoms with Crippen molar-refractivity contribution in [3.63, 3.8) is 0 Å². The number of carbonyl (C=O) groups is 1. The van der Waals surface area contributed by atoms with Crippen LogP contribution < -0.4 is 20.9 Å². The molecular weight excluding hydrogens is 466 g/mol. The van der Waals surface area contributed by atoms with Crippen LogP contribution in [0.1, 0.15) is 33.2 Å². The minimum absolute atomic E-state index is 0.194. The summed E-state index contributed by atoms with van der Waals surface area (Å²) >= 11 is 0. The number of anilines is 1. The maximum atomic E-state index is 13.4. The Morgan fingerprint density at radius 2 is 1.59 bits per heavy atom. The minimum atomic E-state index is -0.647. The lowest BCUT2D eigenvalue weighted by molar-refractivity contribution is 0.101. The maximum Gasteiger partial charge on any atom is 0.278 e. The highest BCUT2D eigenvalue weighted by molar-refractivity contribution is 6.05. The normalized spacial score (nSPS) is 14.1. The molecule has 1 atom stereocenters. The molecule has 182 valence electrons. The number of amides is 1. The van der Waals surface area contributed by atoms with Gasteiger partial charge in [0.05, 0.1) is 6.04 Å². The van der Waals surface area contributed by atoms with Crippen molar-refractivity contribution in [3.05, 3.63) is 136 Å². The van der Waals surface area contributed by atoms with E-state index in [-0.39, 0.29) is 5.69 Å². The molecule has 37 heavy (non-hydrogen) atoms. The van der Waals surface area contributed by atoms with Crippen molar-refractivity contribution in [1.82, 2.24) is 4.68 Å². The van der Waals surface area contributed by atoms with E-state index in [4.69, 9.17) is 4.74 Å². The summed E-state index contributed by atoms with van der Waals surface area (Å²) in [6.07, 6.45) is 1.45. The summed E-state index contributed by atoms with van der Waals surface area (Å²) < 4.78 is 7.45. The van der Waals surface area contributed by atoms with Crippen molar-refractivity contribution >= 4 is 22.4 Å². The Morgan fingerprint density at radius 1 is 0.865 bits per heavy atom. The summed E-state index contributed by atoms with van der Waals surface area (Å²) in [4.78, 5) is 25.8. The smallest absolute Gasteiger partial charge is 0.278 e. The molecule has 0 aliphatic carbocycles. The summed E-state index contributed by atoms with van der Waals surface area (Å²) in [5.41, 5.74) is 5.87. The number of aromatic hydroxyl groups is 1. The largest absolute Gasteiger partial charge is 0.502 e. The van der Waals surface area contributed by atoms with Gasteiger partial charge < -0.3 is 20.6 Å². The number of nitrogens with one attached hydrogen (secondary N) is 2. The summed E-state index contributed by atoms with van der Waals surface area (Å²) in [5, 5.41) is 15.5. The molecule has 1 unspecified atom stereocenters. The second-order valence-electron chi connectivity index (χ2n) is 8.85. The minimum Gasteiger partial charge on any atom is -0.502 e. The van der Waals surface area contributed by atoms with Gasteiger partial charge in [0.15, 0.2) is 11.4 Å². The van der Waals surface area contributed by atoms with Crippen LogP contribution in [0.15, 0.2) is 108 Å². The number of pyridine rings is 1. The van der Waals surface area contributed by atoms with Crippen molar-refractivity contribution in [2.45, 2.75) is 12.6 Å². The van der Waals surface area contributed by atoms with Gasteiger partial charge >= 0.3 is 0 Å². The summed E-state index contributed by atoms with van der Waals surface area (Å²) in [5.74, 6) is -0.548. The number of nitrogens with zero attached hydrogens (tertiary/aromatic N) is 1. The van der Waals surface area contributed by atoms with E-state index in [2.05, 4.69) is 10.7 Å². The van der Waals surface area contributed by atoms with Crippen LogP contribution in [0.5, 0.6) is 11.5 Å². The number of para-hydroxylation sites is 1. The van der Waals surface area contributed by atoms with Crippen molar-refractivity contribution in [3.8, 4) is 11.5 Å². The summed E-state index contributed by atoms with van der Waals surface area (Å²) in [6, 6.07) is 29.7. The molecule has 0 saturated carbocycles. The monoisotopic (exact) mass is 489 g/mol. The lowest BCUT2D eigenvalue weighted by atomic mass is 9.95. The van der Waals surface area contributed by atoms with Gasteiger partial charge in [-0.15, -0.1) is 0 Å². The number of fused-ring (bicyclic) bond motifs is 3. The van der Waals surface area contributed by atoms with Crippen molar-refractivity contribution < 1.29 is 14.6 Å². The molecule has 1 aliphatic heterocycles. The van der Waals surface area contributed by atoms with Crippen LogP contribution in [-0.4, -0.2) is 15.7 Å². The van der Waals surface area contributed by atoms with Gasteiger partial charge in [0.1, 0.15) is 12.4 Å². The number of hydrogen-bond acceptors (Lipinski definition) is 5. The third-order valence-corrected chi connectivity index (χ3v) is 6.54. The molecule has 0 saturated heterocycles. The quantitative estimate of drug-likeness (QED) is 0.323. The van der Waals surface area contributed by atoms with Crippen LogP contribution in [0.4, 0.5) is 5.69 Å².